The summed E-state index contributed by atoms with van der Waals surface area (Å²) in [5.74, 6) is -0.0360. The molecule has 0 bridgehead atoms. The van der Waals surface area contributed by atoms with Gasteiger partial charge in [0, 0.05) is 44.2 Å². The molecule has 0 radical (unpaired) electrons. The number of alkyl halides is 1. The lowest BCUT2D eigenvalue weighted by Crippen LogP contribution is -2.55. The van der Waals surface area contributed by atoms with Gasteiger partial charge < -0.3 is 33.7 Å². The molecule has 6 rings (SSSR count). The lowest BCUT2D eigenvalue weighted by Gasteiger charge is -2.45. The molecule has 0 spiro atoms. The van der Waals surface area contributed by atoms with Gasteiger partial charge in [-0.25, -0.2) is 0 Å². The van der Waals surface area contributed by atoms with Crippen molar-refractivity contribution in [1.29, 1.82) is 0 Å². The van der Waals surface area contributed by atoms with Crippen molar-refractivity contribution in [1.82, 2.24) is 25.2 Å². The highest BCUT2D eigenvalue weighted by molar-refractivity contribution is 6.31. The summed E-state index contributed by atoms with van der Waals surface area (Å²) in [6.45, 7) is 7.32. The zero-order valence-electron chi connectivity index (χ0n) is 29.2. The quantitative estimate of drug-likeness (QED) is 0.125. The number of morpholine rings is 1. The third-order valence-electron chi connectivity index (χ3n) is 9.42. The molecule has 2 aliphatic heterocycles. The zero-order chi connectivity index (χ0) is 35.5. The molecular weight excluding hydrogens is 674 g/mol. The van der Waals surface area contributed by atoms with Gasteiger partial charge in [-0.2, -0.15) is 9.97 Å². The average Bonchev–Trinajstić information content (AvgIpc) is 3.71. The maximum absolute atomic E-state index is 12.8. The topological polar surface area (TPSA) is 126 Å². The summed E-state index contributed by atoms with van der Waals surface area (Å²) in [6.07, 6.45) is 11.7. The Hall–Kier alpha value is -4.07. The van der Waals surface area contributed by atoms with E-state index in [1.165, 1.54) is 7.11 Å². The van der Waals surface area contributed by atoms with Crippen LogP contribution in [0.15, 0.2) is 73.1 Å². The molecule has 12 nitrogen and oxygen atoms in total. The normalized spacial score (nSPS) is 23.4. The van der Waals surface area contributed by atoms with Crippen molar-refractivity contribution in [2.75, 3.05) is 59.7 Å². The predicted octanol–water partition coefficient (Wildman–Crippen LogP) is 4.76. The minimum atomic E-state index is -1.10. The highest BCUT2D eigenvalue weighted by Gasteiger charge is 2.51. The first-order chi connectivity index (χ1) is 24.9. The van der Waals surface area contributed by atoms with Crippen molar-refractivity contribution in [3.05, 3.63) is 89.8 Å². The van der Waals surface area contributed by atoms with Gasteiger partial charge in [0.15, 0.2) is 0 Å². The molecular formula is C38H46ClN5O7. The molecule has 2 unspecified atom stereocenters. The molecule has 1 aromatic carbocycles. The van der Waals surface area contributed by atoms with E-state index in [2.05, 4.69) is 25.2 Å². The lowest BCUT2D eigenvalue weighted by molar-refractivity contribution is -0.147. The number of aromatic nitrogens is 3. The summed E-state index contributed by atoms with van der Waals surface area (Å²) in [5, 5.41) is 3.16. The summed E-state index contributed by atoms with van der Waals surface area (Å²) in [5.41, 5.74) is 1.98. The van der Waals surface area contributed by atoms with Crippen LogP contribution >= 0.6 is 11.6 Å². The van der Waals surface area contributed by atoms with Crippen LogP contribution in [0.5, 0.6) is 17.8 Å². The fraction of sp³-hybridized carbons (Fsp3) is 0.474. The van der Waals surface area contributed by atoms with E-state index in [1.807, 2.05) is 67.6 Å². The van der Waals surface area contributed by atoms with Crippen molar-refractivity contribution in [2.24, 2.45) is 0 Å². The molecule has 1 aliphatic carbocycles. The molecule has 13 heteroatoms. The highest BCUT2D eigenvalue weighted by atomic mass is 35.5. The van der Waals surface area contributed by atoms with E-state index in [4.69, 9.17) is 40.0 Å². The smallest absolute Gasteiger partial charge is 0.323 e. The van der Waals surface area contributed by atoms with Gasteiger partial charge in [0.25, 0.3) is 0 Å². The van der Waals surface area contributed by atoms with E-state index in [0.717, 1.165) is 75.4 Å². The molecule has 1 N–H and O–H groups in total. The molecule has 3 aromatic rings. The lowest BCUT2D eigenvalue weighted by atomic mass is 9.76. The van der Waals surface area contributed by atoms with E-state index >= 15 is 0 Å². The Kier molecular flexibility index (Phi) is 12.5. The van der Waals surface area contributed by atoms with Crippen LogP contribution in [0.4, 0.5) is 0 Å². The van der Waals surface area contributed by atoms with Gasteiger partial charge in [-0.15, -0.1) is 11.6 Å². The van der Waals surface area contributed by atoms with Crippen LogP contribution < -0.4 is 19.5 Å². The minimum absolute atomic E-state index is 0.00598. The number of allylic oxidation sites excluding steroid dienone is 2. The number of methoxy groups -OCH3 is 1. The third kappa shape index (κ3) is 9.06. The Labute approximate surface area is 304 Å². The first kappa shape index (κ1) is 36.7. The molecule has 51 heavy (non-hydrogen) atoms. The third-order valence-corrected chi connectivity index (χ3v) is 9.94. The number of hydrogen-bond donors (Lipinski definition) is 1. The molecule has 3 aliphatic rings. The Morgan fingerprint density at radius 1 is 1.08 bits per heavy atom. The van der Waals surface area contributed by atoms with Gasteiger partial charge >= 0.3 is 12.0 Å². The largest absolute Gasteiger partial charge is 0.480 e. The Balaban J connectivity index is 1.25. The first-order valence-electron chi connectivity index (χ1n) is 17.5. The number of rotatable bonds is 16. The van der Waals surface area contributed by atoms with Crippen LogP contribution in [-0.2, 0) is 32.2 Å². The van der Waals surface area contributed by atoms with Gasteiger partial charge in [0.05, 0.1) is 20.3 Å². The van der Waals surface area contributed by atoms with E-state index in [9.17, 15) is 4.79 Å². The highest BCUT2D eigenvalue weighted by Crippen LogP contribution is 2.47. The molecule has 0 amide bonds. The van der Waals surface area contributed by atoms with Crippen molar-refractivity contribution in [3.8, 4) is 17.8 Å². The van der Waals surface area contributed by atoms with E-state index in [1.54, 1.807) is 12.4 Å². The molecule has 2 saturated heterocycles. The van der Waals surface area contributed by atoms with Crippen molar-refractivity contribution < 1.29 is 33.2 Å². The monoisotopic (exact) mass is 719 g/mol. The second-order valence-electron chi connectivity index (χ2n) is 12.8. The summed E-state index contributed by atoms with van der Waals surface area (Å²) in [7, 11) is 1.48. The van der Waals surface area contributed by atoms with Crippen LogP contribution in [0.3, 0.4) is 0 Å². The Morgan fingerprint density at radius 3 is 2.65 bits per heavy atom. The molecule has 3 atom stereocenters. The first-order valence-corrected chi connectivity index (χ1v) is 17.8. The number of halogens is 1. The number of nitrogens with one attached hydrogen (secondary N) is 1. The van der Waals surface area contributed by atoms with Crippen LogP contribution in [0.2, 0.25) is 0 Å². The average molecular weight is 720 g/mol. The summed E-state index contributed by atoms with van der Waals surface area (Å²) in [4.78, 5) is 27.5. The summed E-state index contributed by atoms with van der Waals surface area (Å²) >= 11 is 7.55. The number of benzene rings is 1. The molecule has 4 heterocycles. The van der Waals surface area contributed by atoms with E-state index in [-0.39, 0.29) is 49.6 Å². The predicted molar refractivity (Wildman–Crippen MR) is 192 cm³/mol. The second-order valence-corrected chi connectivity index (χ2v) is 13.6. The zero-order valence-corrected chi connectivity index (χ0v) is 30.0. The van der Waals surface area contributed by atoms with Crippen LogP contribution in [0.1, 0.15) is 42.9 Å². The van der Waals surface area contributed by atoms with Gasteiger partial charge in [-0.3, -0.25) is 14.7 Å². The fourth-order valence-corrected chi connectivity index (χ4v) is 6.78. The number of nitrogens with zero attached hydrogens (tertiary/aromatic N) is 4. The molecule has 2 aromatic heterocycles. The van der Waals surface area contributed by atoms with Crippen LogP contribution in [-0.4, -0.2) is 102 Å². The number of carbonyl (C=O) groups is 1. The van der Waals surface area contributed by atoms with E-state index < -0.39 is 10.5 Å². The number of ether oxygens (including phenoxy) is 6. The fourth-order valence-electron chi connectivity index (χ4n) is 6.44. The molecule has 272 valence electrons. The van der Waals surface area contributed by atoms with Crippen molar-refractivity contribution in [3.63, 3.8) is 0 Å². The number of esters is 1. The number of hydrogen-bond acceptors (Lipinski definition) is 12. The van der Waals surface area contributed by atoms with Crippen molar-refractivity contribution >= 4 is 23.1 Å². The van der Waals surface area contributed by atoms with Gasteiger partial charge in [-0.1, -0.05) is 48.6 Å². The van der Waals surface area contributed by atoms with Crippen molar-refractivity contribution in [2.45, 2.75) is 55.9 Å². The second kappa shape index (κ2) is 17.4. The van der Waals surface area contributed by atoms with E-state index in [0.29, 0.717) is 12.2 Å². The van der Waals surface area contributed by atoms with Crippen LogP contribution in [0, 0.1) is 0 Å². The Bertz CT molecular complexity index is 1650. The standard InChI is InChI=1S/C38H46ClN5O7/c1-37(39)31(29-11-4-3-5-12-29)13-6-15-38(37,51-21-9-18-44-19-22-47-23-20-44)27-50-36-42-33(46-2)30(26-49-35(45)32-14-8-17-41-32)34(43-36)48-25-28-10-7-16-40-24-28/h3-7,10-13,15-16,24,32,41H,8-9,14,17-23,25-27H2,1-2H3/t32-,37?,38?/m0/s1. The number of pyridine rings is 1. The maximum atomic E-state index is 12.8. The molecule has 0 saturated carbocycles. The minimum Gasteiger partial charge on any atom is -0.480 e. The van der Waals surface area contributed by atoms with Crippen LogP contribution in [0.25, 0.3) is 5.57 Å². The van der Waals surface area contributed by atoms with Gasteiger partial charge in [0.1, 0.15) is 41.9 Å². The maximum Gasteiger partial charge on any atom is 0.323 e. The number of carbonyl (C=O) groups excluding carboxylic acids is 1. The SMILES string of the molecule is COc1nc(OCC2(OCCCN3CCOCC3)C=CC=C(c3ccccc3)C2(C)Cl)nc(OCc2cccnc2)c1COC(=O)[C@@H]1CCCN1. The Morgan fingerprint density at radius 2 is 1.90 bits per heavy atom. The molecule has 2 fully saturated rings. The summed E-state index contributed by atoms with van der Waals surface area (Å²) < 4.78 is 36.2. The van der Waals surface area contributed by atoms with Gasteiger partial charge in [-0.05, 0) is 56.0 Å². The summed E-state index contributed by atoms with van der Waals surface area (Å²) in [6, 6.07) is 13.4. The van der Waals surface area contributed by atoms with Gasteiger partial charge in [0.2, 0.25) is 11.8 Å².